The van der Waals surface area contributed by atoms with E-state index in [1.807, 2.05) is 24.7 Å². The molecule has 1 aliphatic rings. The first-order valence-corrected chi connectivity index (χ1v) is 9.49. The van der Waals surface area contributed by atoms with Gasteiger partial charge in [0.1, 0.15) is 0 Å². The fraction of sp³-hybridized carbons (Fsp3) is 0.421. The van der Waals surface area contributed by atoms with Gasteiger partial charge in [-0.05, 0) is 57.5 Å². The Morgan fingerprint density at radius 1 is 1.29 bits per heavy atom. The monoisotopic (exact) mass is 425 g/mol. The second-order valence-corrected chi connectivity index (χ2v) is 7.39. The molecule has 2 heterocycles. The Bertz CT molecular complexity index is 831. The Balaban J connectivity index is 0.00000280. The Morgan fingerprint density at radius 2 is 2.07 bits per heavy atom. The van der Waals surface area contributed by atoms with Crippen molar-refractivity contribution in [1.82, 2.24) is 20.4 Å². The Kier molecular flexibility index (Phi) is 7.86. The predicted octanol–water partition coefficient (Wildman–Crippen LogP) is 3.27. The van der Waals surface area contributed by atoms with Crippen LogP contribution in [0.1, 0.15) is 53.6 Å². The molecule has 1 aliphatic heterocycles. The van der Waals surface area contributed by atoms with E-state index in [0.29, 0.717) is 22.0 Å². The number of hydrogen-bond acceptors (Lipinski definition) is 4. The lowest BCUT2D eigenvalue weighted by atomic mass is 10.1. The molecule has 28 heavy (non-hydrogen) atoms. The fourth-order valence-corrected chi connectivity index (χ4v) is 3.24. The van der Waals surface area contributed by atoms with Gasteiger partial charge in [-0.25, -0.2) is 0 Å². The zero-order valence-electron chi connectivity index (χ0n) is 15.9. The van der Waals surface area contributed by atoms with Crippen LogP contribution in [0.4, 0.5) is 5.69 Å². The molecule has 1 saturated heterocycles. The van der Waals surface area contributed by atoms with Crippen molar-refractivity contribution < 1.29 is 9.59 Å². The summed E-state index contributed by atoms with van der Waals surface area (Å²) in [6, 6.07) is 6.70. The summed E-state index contributed by atoms with van der Waals surface area (Å²) in [7, 11) is 0. The van der Waals surface area contributed by atoms with Crippen LogP contribution in [0.2, 0.25) is 5.02 Å². The van der Waals surface area contributed by atoms with Crippen LogP contribution < -0.4 is 16.0 Å². The molecule has 1 fully saturated rings. The molecular weight excluding hydrogens is 401 g/mol. The molecular formula is C19H25Cl2N5O2. The van der Waals surface area contributed by atoms with Gasteiger partial charge in [-0.2, -0.15) is 5.10 Å². The van der Waals surface area contributed by atoms with Crippen LogP contribution in [0.3, 0.4) is 0 Å². The smallest absolute Gasteiger partial charge is 0.276 e. The molecule has 3 N–H and O–H groups in total. The highest BCUT2D eigenvalue weighted by atomic mass is 35.5. The van der Waals surface area contributed by atoms with Crippen molar-refractivity contribution in [2.24, 2.45) is 0 Å². The van der Waals surface area contributed by atoms with Gasteiger partial charge in [-0.15, -0.1) is 12.4 Å². The van der Waals surface area contributed by atoms with Crippen LogP contribution in [0.5, 0.6) is 0 Å². The van der Waals surface area contributed by atoms with Crippen LogP contribution in [0, 0.1) is 0 Å². The number of aromatic nitrogens is 2. The van der Waals surface area contributed by atoms with Crippen molar-refractivity contribution >= 4 is 41.5 Å². The van der Waals surface area contributed by atoms with E-state index in [0.717, 1.165) is 25.9 Å². The number of benzene rings is 1. The number of amides is 2. The van der Waals surface area contributed by atoms with Gasteiger partial charge in [0.05, 0.1) is 17.3 Å². The average molecular weight is 426 g/mol. The van der Waals surface area contributed by atoms with Crippen molar-refractivity contribution in [2.45, 2.75) is 38.8 Å². The van der Waals surface area contributed by atoms with Gasteiger partial charge in [-0.1, -0.05) is 11.6 Å². The molecule has 2 amide bonds. The summed E-state index contributed by atoms with van der Waals surface area (Å²) in [5.41, 5.74) is 1.02. The van der Waals surface area contributed by atoms with E-state index in [1.165, 1.54) is 0 Å². The fourth-order valence-electron chi connectivity index (χ4n) is 3.07. The SMILES string of the molecule is CC(C)NC(=O)c1ccc(Cl)cc1NC(=O)c1ccn(C2CCCNC2)n1.Cl. The summed E-state index contributed by atoms with van der Waals surface area (Å²) >= 11 is 6.05. The van der Waals surface area contributed by atoms with Crippen LogP contribution in [-0.4, -0.2) is 40.7 Å². The molecule has 2 aromatic rings. The molecule has 9 heteroatoms. The van der Waals surface area contributed by atoms with Crippen molar-refractivity contribution in [1.29, 1.82) is 0 Å². The van der Waals surface area contributed by atoms with Gasteiger partial charge in [0.2, 0.25) is 0 Å². The topological polar surface area (TPSA) is 88.0 Å². The summed E-state index contributed by atoms with van der Waals surface area (Å²) in [6.07, 6.45) is 3.93. The van der Waals surface area contributed by atoms with Gasteiger partial charge < -0.3 is 16.0 Å². The zero-order chi connectivity index (χ0) is 19.4. The van der Waals surface area contributed by atoms with Crippen molar-refractivity contribution in [2.75, 3.05) is 18.4 Å². The number of halogens is 2. The molecule has 7 nitrogen and oxygen atoms in total. The van der Waals surface area contributed by atoms with E-state index in [2.05, 4.69) is 21.0 Å². The number of piperidine rings is 1. The molecule has 1 aromatic carbocycles. The van der Waals surface area contributed by atoms with Crippen molar-refractivity contribution in [3.8, 4) is 0 Å². The second kappa shape index (κ2) is 9.91. The number of anilines is 1. The first kappa shape index (κ1) is 22.2. The van der Waals surface area contributed by atoms with Crippen molar-refractivity contribution in [3.05, 3.63) is 46.7 Å². The van der Waals surface area contributed by atoms with E-state index in [1.54, 1.807) is 24.3 Å². The molecule has 152 valence electrons. The third-order valence-corrected chi connectivity index (χ3v) is 4.62. The minimum Gasteiger partial charge on any atom is -0.350 e. The normalized spacial score (nSPS) is 16.4. The minimum absolute atomic E-state index is 0. The van der Waals surface area contributed by atoms with E-state index in [-0.39, 0.29) is 36.3 Å². The van der Waals surface area contributed by atoms with Crippen molar-refractivity contribution in [3.63, 3.8) is 0 Å². The van der Waals surface area contributed by atoms with Crippen LogP contribution in [0.15, 0.2) is 30.5 Å². The third-order valence-electron chi connectivity index (χ3n) is 4.38. The maximum atomic E-state index is 12.6. The molecule has 0 bridgehead atoms. The summed E-state index contributed by atoms with van der Waals surface area (Å²) in [5, 5.41) is 13.8. The molecule has 1 aromatic heterocycles. The number of nitrogens with one attached hydrogen (secondary N) is 3. The van der Waals surface area contributed by atoms with E-state index in [4.69, 9.17) is 11.6 Å². The highest BCUT2D eigenvalue weighted by molar-refractivity contribution is 6.31. The molecule has 0 saturated carbocycles. The van der Waals surface area contributed by atoms with E-state index >= 15 is 0 Å². The van der Waals surface area contributed by atoms with Gasteiger partial charge >= 0.3 is 0 Å². The molecule has 3 rings (SSSR count). The number of rotatable bonds is 5. The van der Waals surface area contributed by atoms with Gasteiger partial charge in [0.25, 0.3) is 11.8 Å². The molecule has 0 aliphatic carbocycles. The van der Waals surface area contributed by atoms with Gasteiger partial charge in [-0.3, -0.25) is 14.3 Å². The molecule has 1 unspecified atom stereocenters. The highest BCUT2D eigenvalue weighted by Crippen LogP contribution is 2.22. The maximum absolute atomic E-state index is 12.6. The van der Waals surface area contributed by atoms with E-state index < -0.39 is 0 Å². The van der Waals surface area contributed by atoms with Gasteiger partial charge in [0.15, 0.2) is 5.69 Å². The number of nitrogens with zero attached hydrogens (tertiary/aromatic N) is 2. The first-order chi connectivity index (χ1) is 12.9. The minimum atomic E-state index is -0.376. The van der Waals surface area contributed by atoms with E-state index in [9.17, 15) is 9.59 Å². The Hall–Kier alpha value is -2.09. The Morgan fingerprint density at radius 3 is 2.75 bits per heavy atom. The number of hydrogen-bond donors (Lipinski definition) is 3. The molecule has 0 spiro atoms. The zero-order valence-corrected chi connectivity index (χ0v) is 17.4. The largest absolute Gasteiger partial charge is 0.350 e. The standard InChI is InChI=1S/C19H24ClN5O2.ClH/c1-12(2)22-18(26)15-6-5-13(20)10-17(15)23-19(27)16-7-9-25(24-16)14-4-3-8-21-11-14;/h5-7,9-10,12,14,21H,3-4,8,11H2,1-2H3,(H,22,26)(H,23,27);1H. The first-order valence-electron chi connectivity index (χ1n) is 9.11. The predicted molar refractivity (Wildman–Crippen MR) is 113 cm³/mol. The summed E-state index contributed by atoms with van der Waals surface area (Å²) in [6.45, 7) is 5.61. The highest BCUT2D eigenvalue weighted by Gasteiger charge is 2.20. The maximum Gasteiger partial charge on any atom is 0.276 e. The summed E-state index contributed by atoms with van der Waals surface area (Å²) in [4.78, 5) is 25.0. The van der Waals surface area contributed by atoms with Crippen LogP contribution >= 0.6 is 24.0 Å². The quantitative estimate of drug-likeness (QED) is 0.685. The number of carbonyl (C=O) groups excluding carboxylic acids is 2. The number of carbonyl (C=O) groups is 2. The summed E-state index contributed by atoms with van der Waals surface area (Å²) < 4.78 is 1.82. The molecule has 0 radical (unpaired) electrons. The van der Waals surface area contributed by atoms with Crippen LogP contribution in [0.25, 0.3) is 0 Å². The second-order valence-electron chi connectivity index (χ2n) is 6.95. The lowest BCUT2D eigenvalue weighted by Crippen LogP contribution is -2.32. The summed E-state index contributed by atoms with van der Waals surface area (Å²) in [5.74, 6) is -0.644. The van der Waals surface area contributed by atoms with Gasteiger partial charge in [0, 0.05) is 23.8 Å². The lowest BCUT2D eigenvalue weighted by molar-refractivity contribution is 0.0944. The lowest BCUT2D eigenvalue weighted by Gasteiger charge is -2.22. The third kappa shape index (κ3) is 5.47. The Labute approximate surface area is 175 Å². The van der Waals surface area contributed by atoms with Crippen LogP contribution in [-0.2, 0) is 0 Å². The average Bonchev–Trinajstić information content (AvgIpc) is 3.12. The molecule has 1 atom stereocenters.